The van der Waals surface area contributed by atoms with Gasteiger partial charge in [-0.2, -0.15) is 0 Å². The van der Waals surface area contributed by atoms with Crippen LogP contribution in [0.15, 0.2) is 24.3 Å². The van der Waals surface area contributed by atoms with Gasteiger partial charge in [0, 0.05) is 12.0 Å². The van der Waals surface area contributed by atoms with Crippen molar-refractivity contribution in [2.75, 3.05) is 6.61 Å². The first-order chi connectivity index (χ1) is 7.26. The molecular formula is C13H14O2. The smallest absolute Gasteiger partial charge is 0.205 e. The summed E-state index contributed by atoms with van der Waals surface area (Å²) in [5, 5.41) is 0. The monoisotopic (exact) mass is 202 g/mol. The van der Waals surface area contributed by atoms with Crippen LogP contribution in [0.2, 0.25) is 0 Å². The topological polar surface area (TPSA) is 26.3 Å². The number of Topliss-reactive ketones (excluding diaryl/α,β-unsaturated/α-hetero) is 1. The number of ketones is 1. The Kier molecular flexibility index (Phi) is 4.43. The van der Waals surface area contributed by atoms with Crippen LogP contribution in [-0.4, -0.2) is 12.4 Å². The Bertz CT molecular complexity index is 379. The molecule has 2 heteroatoms. The summed E-state index contributed by atoms with van der Waals surface area (Å²) in [6, 6.07) is 7.40. The highest BCUT2D eigenvalue weighted by Crippen LogP contribution is 2.10. The molecule has 1 aromatic rings. The molecule has 0 amide bonds. The zero-order valence-corrected chi connectivity index (χ0v) is 9.04. The van der Waals surface area contributed by atoms with Crippen LogP contribution in [-0.2, 0) is 4.79 Å². The van der Waals surface area contributed by atoms with E-state index in [0.29, 0.717) is 13.0 Å². The van der Waals surface area contributed by atoms with Gasteiger partial charge < -0.3 is 4.74 Å². The van der Waals surface area contributed by atoms with Crippen LogP contribution < -0.4 is 4.74 Å². The molecule has 0 radical (unpaired) electrons. The van der Waals surface area contributed by atoms with Gasteiger partial charge >= 0.3 is 0 Å². The molecule has 15 heavy (non-hydrogen) atoms. The van der Waals surface area contributed by atoms with Gasteiger partial charge in [-0.15, -0.1) is 0 Å². The largest absolute Gasteiger partial charge is 0.494 e. The van der Waals surface area contributed by atoms with Gasteiger partial charge in [-0.25, -0.2) is 0 Å². The highest BCUT2D eigenvalue weighted by molar-refractivity contribution is 5.95. The van der Waals surface area contributed by atoms with E-state index in [1.54, 1.807) is 6.92 Å². The summed E-state index contributed by atoms with van der Waals surface area (Å²) in [4.78, 5) is 11.0. The predicted octanol–water partition coefficient (Wildman–Crippen LogP) is 2.42. The van der Waals surface area contributed by atoms with Gasteiger partial charge in [0.25, 0.3) is 0 Å². The normalized spacial score (nSPS) is 8.93. The average molecular weight is 202 g/mol. The van der Waals surface area contributed by atoms with Crippen molar-refractivity contribution in [2.24, 2.45) is 0 Å². The lowest BCUT2D eigenvalue weighted by Crippen LogP contribution is -1.91. The lowest BCUT2D eigenvalue weighted by molar-refractivity contribution is -0.113. The lowest BCUT2D eigenvalue weighted by atomic mass is 10.2. The number of carbonyl (C=O) groups is 1. The van der Waals surface area contributed by atoms with Crippen molar-refractivity contribution in [3.63, 3.8) is 0 Å². The number of hydrogen-bond donors (Lipinski definition) is 0. The summed E-state index contributed by atoms with van der Waals surface area (Å²) in [5.41, 5.74) is 0.834. The maximum Gasteiger partial charge on any atom is 0.205 e. The third-order valence-electron chi connectivity index (χ3n) is 1.83. The molecule has 1 rings (SSSR count). The van der Waals surface area contributed by atoms with Crippen LogP contribution in [0.1, 0.15) is 25.8 Å². The molecule has 78 valence electrons. The average Bonchev–Trinajstić information content (AvgIpc) is 2.28. The van der Waals surface area contributed by atoms with Gasteiger partial charge in [-0.05, 0) is 37.1 Å². The summed E-state index contributed by atoms with van der Waals surface area (Å²) >= 11 is 0. The number of benzene rings is 1. The summed E-state index contributed by atoms with van der Waals surface area (Å²) in [5.74, 6) is 6.17. The van der Waals surface area contributed by atoms with E-state index in [1.165, 1.54) is 0 Å². The Balaban J connectivity index is 2.70. The van der Waals surface area contributed by atoms with Gasteiger partial charge in [0.1, 0.15) is 5.75 Å². The van der Waals surface area contributed by atoms with Gasteiger partial charge in [-0.3, -0.25) is 4.79 Å². The molecule has 0 unspecified atom stereocenters. The van der Waals surface area contributed by atoms with Gasteiger partial charge in [0.05, 0.1) is 6.61 Å². The first kappa shape index (κ1) is 11.3. The maximum absolute atomic E-state index is 11.0. The van der Waals surface area contributed by atoms with Crippen molar-refractivity contribution in [3.8, 4) is 17.6 Å². The zero-order chi connectivity index (χ0) is 11.1. The molecule has 0 saturated carbocycles. The second-order valence-corrected chi connectivity index (χ2v) is 2.98. The molecule has 0 spiro atoms. The summed E-state index contributed by atoms with van der Waals surface area (Å²) < 4.78 is 5.29. The van der Waals surface area contributed by atoms with Crippen LogP contribution in [0.3, 0.4) is 0 Å². The number of rotatable bonds is 3. The van der Waals surface area contributed by atoms with E-state index < -0.39 is 0 Å². The molecular weight excluding hydrogens is 188 g/mol. The van der Waals surface area contributed by atoms with E-state index in [-0.39, 0.29) is 5.78 Å². The fourth-order valence-electron chi connectivity index (χ4n) is 1.03. The lowest BCUT2D eigenvalue weighted by Gasteiger charge is -2.01. The molecule has 0 saturated heterocycles. The van der Waals surface area contributed by atoms with Crippen LogP contribution >= 0.6 is 0 Å². The third-order valence-corrected chi connectivity index (χ3v) is 1.83. The van der Waals surface area contributed by atoms with E-state index >= 15 is 0 Å². The minimum Gasteiger partial charge on any atom is -0.494 e. The Morgan fingerprint density at radius 1 is 1.27 bits per heavy atom. The van der Waals surface area contributed by atoms with Crippen molar-refractivity contribution >= 4 is 5.78 Å². The summed E-state index contributed by atoms with van der Waals surface area (Å²) in [7, 11) is 0. The molecule has 0 fully saturated rings. The maximum atomic E-state index is 11.0. The Morgan fingerprint density at radius 2 is 1.93 bits per heavy atom. The number of hydrogen-bond acceptors (Lipinski definition) is 2. The van der Waals surface area contributed by atoms with E-state index in [4.69, 9.17) is 4.74 Å². The molecule has 0 aliphatic carbocycles. The number of ether oxygens (including phenoxy) is 1. The molecule has 0 N–H and O–H groups in total. The Hall–Kier alpha value is -1.75. The SMILES string of the molecule is CCOc1ccc(C#CC(=O)CC)cc1. The molecule has 0 bridgehead atoms. The Morgan fingerprint density at radius 3 is 2.47 bits per heavy atom. The van der Waals surface area contributed by atoms with Crippen molar-refractivity contribution in [2.45, 2.75) is 20.3 Å². The van der Waals surface area contributed by atoms with Crippen molar-refractivity contribution < 1.29 is 9.53 Å². The molecule has 0 heterocycles. The van der Waals surface area contributed by atoms with Crippen LogP contribution in [0.4, 0.5) is 0 Å². The van der Waals surface area contributed by atoms with Gasteiger partial charge in [0.2, 0.25) is 5.78 Å². The predicted molar refractivity (Wildman–Crippen MR) is 59.8 cm³/mol. The fraction of sp³-hybridized carbons (Fsp3) is 0.308. The number of carbonyl (C=O) groups excluding carboxylic acids is 1. The quantitative estimate of drug-likeness (QED) is 0.703. The van der Waals surface area contributed by atoms with Crippen molar-refractivity contribution in [3.05, 3.63) is 29.8 Å². The Labute approximate surface area is 90.3 Å². The van der Waals surface area contributed by atoms with Crippen LogP contribution in [0.5, 0.6) is 5.75 Å². The summed E-state index contributed by atoms with van der Waals surface area (Å²) in [6.45, 7) is 4.39. The van der Waals surface area contributed by atoms with E-state index in [9.17, 15) is 4.79 Å². The van der Waals surface area contributed by atoms with E-state index in [2.05, 4.69) is 11.8 Å². The van der Waals surface area contributed by atoms with Gasteiger partial charge in [0.15, 0.2) is 0 Å². The standard InChI is InChI=1S/C13H14O2/c1-3-12(14)8-5-11-6-9-13(10-7-11)15-4-2/h6-7,9-10H,3-4H2,1-2H3. The minimum atomic E-state index is -0.0381. The third kappa shape index (κ3) is 3.86. The first-order valence-corrected chi connectivity index (χ1v) is 5.04. The minimum absolute atomic E-state index is 0.0381. The second kappa shape index (κ2) is 5.87. The molecule has 0 aromatic heterocycles. The molecule has 0 aliphatic heterocycles. The highest BCUT2D eigenvalue weighted by Gasteiger charge is 1.92. The van der Waals surface area contributed by atoms with E-state index in [1.807, 2.05) is 31.2 Å². The van der Waals surface area contributed by atoms with Gasteiger partial charge in [-0.1, -0.05) is 12.8 Å². The molecule has 2 nitrogen and oxygen atoms in total. The van der Waals surface area contributed by atoms with Crippen LogP contribution in [0.25, 0.3) is 0 Å². The summed E-state index contributed by atoms with van der Waals surface area (Å²) in [6.07, 6.45) is 0.462. The highest BCUT2D eigenvalue weighted by atomic mass is 16.5. The van der Waals surface area contributed by atoms with Crippen LogP contribution in [0, 0.1) is 11.8 Å². The first-order valence-electron chi connectivity index (χ1n) is 5.04. The molecule has 0 aliphatic rings. The second-order valence-electron chi connectivity index (χ2n) is 2.98. The molecule has 1 aromatic carbocycles. The molecule has 0 atom stereocenters. The van der Waals surface area contributed by atoms with Crippen molar-refractivity contribution in [1.29, 1.82) is 0 Å². The van der Waals surface area contributed by atoms with E-state index in [0.717, 1.165) is 11.3 Å². The fourth-order valence-corrected chi connectivity index (χ4v) is 1.03. The van der Waals surface area contributed by atoms with Crippen molar-refractivity contribution in [1.82, 2.24) is 0 Å². The zero-order valence-electron chi connectivity index (χ0n) is 9.04.